The van der Waals surface area contributed by atoms with E-state index in [0.717, 1.165) is 23.7 Å². The number of nitrogens with zero attached hydrogens (tertiary/aromatic N) is 3. The van der Waals surface area contributed by atoms with Gasteiger partial charge in [0.25, 0.3) is 0 Å². The Kier molecular flexibility index (Phi) is 4.13. The molecule has 0 aliphatic rings. The van der Waals surface area contributed by atoms with E-state index in [1.165, 1.54) is 0 Å². The van der Waals surface area contributed by atoms with Gasteiger partial charge in [-0.2, -0.15) is 5.26 Å². The lowest BCUT2D eigenvalue weighted by atomic mass is 10.2. The van der Waals surface area contributed by atoms with Crippen LogP contribution in [-0.2, 0) is 13.6 Å². The van der Waals surface area contributed by atoms with Crippen molar-refractivity contribution in [3.63, 3.8) is 0 Å². The molecule has 5 heteroatoms. The molecule has 2 aromatic heterocycles. The fourth-order valence-corrected chi connectivity index (χ4v) is 2.54. The van der Waals surface area contributed by atoms with Crippen molar-refractivity contribution in [1.29, 1.82) is 5.26 Å². The highest BCUT2D eigenvalue weighted by molar-refractivity contribution is 7.09. The molecule has 2 aromatic rings. The Morgan fingerprint density at radius 2 is 2.44 bits per heavy atom. The number of aryl methyl sites for hydroxylation is 1. The van der Waals surface area contributed by atoms with E-state index >= 15 is 0 Å². The second kappa shape index (κ2) is 5.80. The van der Waals surface area contributed by atoms with Gasteiger partial charge >= 0.3 is 0 Å². The third-order valence-electron chi connectivity index (χ3n) is 2.83. The van der Waals surface area contributed by atoms with Gasteiger partial charge in [0, 0.05) is 43.8 Å². The van der Waals surface area contributed by atoms with Gasteiger partial charge in [0.2, 0.25) is 0 Å². The molecule has 0 aromatic carbocycles. The smallest absolute Gasteiger partial charge is 0.120 e. The molecule has 0 saturated carbocycles. The van der Waals surface area contributed by atoms with Gasteiger partial charge in [-0.3, -0.25) is 0 Å². The summed E-state index contributed by atoms with van der Waals surface area (Å²) in [6.45, 7) is 3.84. The summed E-state index contributed by atoms with van der Waals surface area (Å²) in [5.74, 6) is 0.421. The minimum atomic E-state index is 0.421. The van der Waals surface area contributed by atoms with Crippen LogP contribution >= 0.6 is 11.3 Å². The molecule has 0 aliphatic carbocycles. The first-order valence-electron chi connectivity index (χ1n) is 5.86. The lowest BCUT2D eigenvalue weighted by Gasteiger charge is -2.08. The molecule has 4 nitrogen and oxygen atoms in total. The van der Waals surface area contributed by atoms with Gasteiger partial charge in [0.05, 0.1) is 5.01 Å². The molecule has 1 unspecified atom stereocenters. The van der Waals surface area contributed by atoms with Gasteiger partial charge in [0.1, 0.15) is 11.8 Å². The van der Waals surface area contributed by atoms with Crippen LogP contribution in [0.25, 0.3) is 0 Å². The van der Waals surface area contributed by atoms with Crippen LogP contribution in [-0.4, -0.2) is 16.1 Å². The molecule has 0 fully saturated rings. The lowest BCUT2D eigenvalue weighted by molar-refractivity contribution is 0.612. The predicted molar refractivity (Wildman–Crippen MR) is 72.4 cm³/mol. The first-order chi connectivity index (χ1) is 8.70. The Hall–Kier alpha value is -1.64. The molecule has 2 heterocycles. The molecule has 0 spiro atoms. The third-order valence-corrected chi connectivity index (χ3v) is 3.84. The predicted octanol–water partition coefficient (Wildman–Crippen LogP) is 2.25. The number of rotatable bonds is 5. The van der Waals surface area contributed by atoms with Gasteiger partial charge < -0.3 is 9.88 Å². The largest absolute Gasteiger partial charge is 0.342 e. The fourth-order valence-electron chi connectivity index (χ4n) is 1.84. The topological polar surface area (TPSA) is 53.6 Å². The molecule has 0 saturated heterocycles. The van der Waals surface area contributed by atoms with Crippen molar-refractivity contribution < 1.29 is 0 Å². The number of nitriles is 1. The van der Waals surface area contributed by atoms with Gasteiger partial charge in [-0.1, -0.05) is 6.92 Å². The number of hydrogen-bond acceptors (Lipinski definition) is 4. The van der Waals surface area contributed by atoms with Crippen LogP contribution < -0.4 is 5.32 Å². The van der Waals surface area contributed by atoms with Crippen LogP contribution in [0, 0.1) is 11.3 Å². The van der Waals surface area contributed by atoms with E-state index in [-0.39, 0.29) is 0 Å². The molecular formula is C13H16N4S. The number of hydrogen-bond donors (Lipinski definition) is 1. The van der Waals surface area contributed by atoms with Gasteiger partial charge in [-0.25, -0.2) is 4.98 Å². The van der Waals surface area contributed by atoms with E-state index in [1.807, 2.05) is 35.5 Å². The molecule has 0 bridgehead atoms. The Bertz CT molecular complexity index is 536. The summed E-state index contributed by atoms with van der Waals surface area (Å²) < 4.78 is 1.85. The summed E-state index contributed by atoms with van der Waals surface area (Å²) in [6.07, 6.45) is 3.83. The summed E-state index contributed by atoms with van der Waals surface area (Å²) in [5, 5.41) is 15.4. The van der Waals surface area contributed by atoms with Crippen molar-refractivity contribution in [2.75, 3.05) is 6.54 Å². The quantitative estimate of drug-likeness (QED) is 0.897. The molecule has 1 N–H and O–H groups in total. The van der Waals surface area contributed by atoms with Gasteiger partial charge in [0.15, 0.2) is 0 Å². The Balaban J connectivity index is 1.83. The van der Waals surface area contributed by atoms with Crippen molar-refractivity contribution >= 4 is 11.3 Å². The monoisotopic (exact) mass is 260 g/mol. The summed E-state index contributed by atoms with van der Waals surface area (Å²) in [5.41, 5.74) is 1.83. The minimum Gasteiger partial charge on any atom is -0.342 e. The molecule has 0 aliphatic heterocycles. The standard InChI is InChI=1S/C13H16N4S/c1-10(13-16-3-4-18-13)7-15-8-11-5-12(6-14)17(2)9-11/h3-5,9-10,15H,7-8H2,1-2H3. The minimum absolute atomic E-state index is 0.421. The van der Waals surface area contributed by atoms with E-state index in [9.17, 15) is 0 Å². The molecule has 94 valence electrons. The van der Waals surface area contributed by atoms with E-state index < -0.39 is 0 Å². The van der Waals surface area contributed by atoms with Crippen LogP contribution in [0.3, 0.4) is 0 Å². The number of thiazole rings is 1. The van der Waals surface area contributed by atoms with Crippen LogP contribution in [0.4, 0.5) is 0 Å². The average Bonchev–Trinajstić information content (AvgIpc) is 2.98. The average molecular weight is 260 g/mol. The van der Waals surface area contributed by atoms with Gasteiger partial charge in [-0.05, 0) is 11.6 Å². The van der Waals surface area contributed by atoms with Crippen molar-refractivity contribution in [3.05, 3.63) is 40.1 Å². The van der Waals surface area contributed by atoms with Crippen LogP contribution in [0.1, 0.15) is 29.1 Å². The zero-order valence-corrected chi connectivity index (χ0v) is 11.4. The highest BCUT2D eigenvalue weighted by Crippen LogP contribution is 2.16. The fraction of sp³-hybridized carbons (Fsp3) is 0.385. The highest BCUT2D eigenvalue weighted by atomic mass is 32.1. The van der Waals surface area contributed by atoms with Gasteiger partial charge in [-0.15, -0.1) is 11.3 Å². The molecule has 1 atom stereocenters. The Morgan fingerprint density at radius 3 is 3.06 bits per heavy atom. The molecule has 0 radical (unpaired) electrons. The van der Waals surface area contributed by atoms with Crippen molar-refractivity contribution in [1.82, 2.24) is 14.9 Å². The molecule has 2 rings (SSSR count). The zero-order chi connectivity index (χ0) is 13.0. The molecule has 0 amide bonds. The maximum absolute atomic E-state index is 8.87. The first-order valence-corrected chi connectivity index (χ1v) is 6.74. The lowest BCUT2D eigenvalue weighted by Crippen LogP contribution is -2.19. The van der Waals surface area contributed by atoms with Crippen LogP contribution in [0.15, 0.2) is 23.8 Å². The molecule has 18 heavy (non-hydrogen) atoms. The van der Waals surface area contributed by atoms with E-state index in [1.54, 1.807) is 11.3 Å². The summed E-state index contributed by atoms with van der Waals surface area (Å²) in [6, 6.07) is 4.08. The summed E-state index contributed by atoms with van der Waals surface area (Å²) >= 11 is 1.69. The molecular weight excluding hydrogens is 244 g/mol. The van der Waals surface area contributed by atoms with Crippen molar-refractivity contribution in [2.24, 2.45) is 7.05 Å². The number of aromatic nitrogens is 2. The zero-order valence-electron chi connectivity index (χ0n) is 10.6. The van der Waals surface area contributed by atoms with E-state index in [2.05, 4.69) is 23.3 Å². The van der Waals surface area contributed by atoms with E-state index in [0.29, 0.717) is 11.6 Å². The van der Waals surface area contributed by atoms with Crippen molar-refractivity contribution in [3.8, 4) is 6.07 Å². The van der Waals surface area contributed by atoms with Crippen molar-refractivity contribution in [2.45, 2.75) is 19.4 Å². The normalized spacial score (nSPS) is 12.3. The highest BCUT2D eigenvalue weighted by Gasteiger charge is 2.08. The second-order valence-electron chi connectivity index (χ2n) is 4.36. The Labute approximate surface area is 111 Å². The van der Waals surface area contributed by atoms with Crippen LogP contribution in [0.5, 0.6) is 0 Å². The number of nitrogens with one attached hydrogen (secondary N) is 1. The third kappa shape index (κ3) is 2.97. The summed E-state index contributed by atoms with van der Waals surface area (Å²) in [7, 11) is 1.89. The summed E-state index contributed by atoms with van der Waals surface area (Å²) in [4.78, 5) is 4.30. The SMILES string of the molecule is CC(CNCc1cc(C#N)n(C)c1)c1nccs1. The second-order valence-corrected chi connectivity index (χ2v) is 5.28. The maximum Gasteiger partial charge on any atom is 0.120 e. The first kappa shape index (κ1) is 12.8. The maximum atomic E-state index is 8.87. The van der Waals surface area contributed by atoms with E-state index in [4.69, 9.17) is 5.26 Å². The van der Waals surface area contributed by atoms with Crippen LogP contribution in [0.2, 0.25) is 0 Å². The Morgan fingerprint density at radius 1 is 1.61 bits per heavy atom.